The van der Waals surface area contributed by atoms with Crippen LogP contribution >= 0.6 is 11.8 Å². The summed E-state index contributed by atoms with van der Waals surface area (Å²) in [5.41, 5.74) is 1.46. The van der Waals surface area contributed by atoms with Crippen LogP contribution in [0, 0.1) is 5.82 Å². The number of amides is 1. The number of hydrogen-bond acceptors (Lipinski definition) is 4. The second-order valence-corrected chi connectivity index (χ2v) is 8.95. The maximum Gasteiger partial charge on any atom is 0.262 e. The van der Waals surface area contributed by atoms with E-state index in [-0.39, 0.29) is 35.1 Å². The van der Waals surface area contributed by atoms with Crippen LogP contribution in [0.5, 0.6) is 0 Å². The van der Waals surface area contributed by atoms with Crippen LogP contribution in [0.1, 0.15) is 56.7 Å². The van der Waals surface area contributed by atoms with Gasteiger partial charge in [-0.25, -0.2) is 9.37 Å². The average Bonchev–Trinajstić information content (AvgIpc) is 2.79. The number of nitrogens with one attached hydrogen (secondary N) is 1. The number of halogens is 1. The largest absolute Gasteiger partial charge is 0.349 e. The Morgan fingerprint density at radius 3 is 2.61 bits per heavy atom. The average molecular weight is 440 g/mol. The molecular formula is C24H26FN3O2S. The molecule has 162 valence electrons. The topological polar surface area (TPSA) is 64.0 Å². The number of hydrogen-bond donors (Lipinski definition) is 1. The Hall–Kier alpha value is -2.67. The first-order chi connectivity index (χ1) is 15.0. The number of rotatable bonds is 6. The number of aromatic nitrogens is 2. The van der Waals surface area contributed by atoms with Gasteiger partial charge in [-0.2, -0.15) is 0 Å². The van der Waals surface area contributed by atoms with Gasteiger partial charge in [-0.05, 0) is 49.6 Å². The molecule has 2 aromatic carbocycles. The molecule has 1 heterocycles. The minimum atomic E-state index is -0.305. The van der Waals surface area contributed by atoms with Crippen molar-refractivity contribution in [1.82, 2.24) is 14.9 Å². The summed E-state index contributed by atoms with van der Waals surface area (Å²) in [5.74, 6) is -0.302. The molecule has 1 N–H and O–H groups in total. The molecule has 1 aliphatic carbocycles. The molecule has 3 aromatic rings. The third-order valence-electron chi connectivity index (χ3n) is 5.80. The first-order valence-electron chi connectivity index (χ1n) is 10.7. The smallest absolute Gasteiger partial charge is 0.262 e. The van der Waals surface area contributed by atoms with Gasteiger partial charge in [0, 0.05) is 6.04 Å². The molecule has 0 aliphatic heterocycles. The van der Waals surface area contributed by atoms with E-state index in [2.05, 4.69) is 5.32 Å². The molecular weight excluding hydrogens is 413 g/mol. The SMILES string of the molecule is CC(NC(=O)CSc1nc2ccccc2c(=O)n1C1CCCCC1)c1ccc(F)cc1. The Morgan fingerprint density at radius 2 is 1.87 bits per heavy atom. The number of para-hydroxylation sites is 1. The molecule has 0 radical (unpaired) electrons. The highest BCUT2D eigenvalue weighted by Gasteiger charge is 2.22. The van der Waals surface area contributed by atoms with E-state index in [1.807, 2.05) is 35.8 Å². The number of carbonyl (C=O) groups is 1. The van der Waals surface area contributed by atoms with Crippen molar-refractivity contribution in [2.24, 2.45) is 0 Å². The number of carbonyl (C=O) groups excluding carboxylic acids is 1. The van der Waals surface area contributed by atoms with E-state index in [1.54, 1.807) is 12.1 Å². The maximum absolute atomic E-state index is 13.3. The van der Waals surface area contributed by atoms with Crippen LogP contribution < -0.4 is 10.9 Å². The van der Waals surface area contributed by atoms with Crippen molar-refractivity contribution in [2.75, 3.05) is 5.75 Å². The Balaban J connectivity index is 1.53. The van der Waals surface area contributed by atoms with Crippen LogP contribution in [0.25, 0.3) is 10.9 Å². The normalized spacial score (nSPS) is 15.7. The molecule has 1 saturated carbocycles. The summed E-state index contributed by atoms with van der Waals surface area (Å²) in [6.07, 6.45) is 5.31. The first-order valence-corrected chi connectivity index (χ1v) is 11.7. The Morgan fingerprint density at radius 1 is 1.16 bits per heavy atom. The highest BCUT2D eigenvalue weighted by Crippen LogP contribution is 2.31. The zero-order chi connectivity index (χ0) is 21.8. The summed E-state index contributed by atoms with van der Waals surface area (Å²) in [6, 6.07) is 13.4. The van der Waals surface area contributed by atoms with E-state index in [4.69, 9.17) is 4.98 Å². The van der Waals surface area contributed by atoms with Crippen molar-refractivity contribution in [2.45, 2.75) is 56.3 Å². The van der Waals surface area contributed by atoms with E-state index in [1.165, 1.54) is 30.3 Å². The second-order valence-electron chi connectivity index (χ2n) is 8.01. The Bertz CT molecular complexity index is 1120. The maximum atomic E-state index is 13.3. The van der Waals surface area contributed by atoms with Crippen molar-refractivity contribution in [1.29, 1.82) is 0 Å². The fraction of sp³-hybridized carbons (Fsp3) is 0.375. The standard InChI is InChI=1S/C24H26FN3O2S/c1-16(17-11-13-18(25)14-12-17)26-22(29)15-31-24-27-21-10-6-5-9-20(21)23(30)28(24)19-7-3-2-4-8-19/h5-6,9-14,16,19H,2-4,7-8,15H2,1H3,(H,26,29). The monoisotopic (exact) mass is 439 g/mol. The molecule has 1 unspecified atom stereocenters. The lowest BCUT2D eigenvalue weighted by molar-refractivity contribution is -0.119. The lowest BCUT2D eigenvalue weighted by Gasteiger charge is -2.26. The lowest BCUT2D eigenvalue weighted by Crippen LogP contribution is -2.31. The number of thioether (sulfide) groups is 1. The van der Waals surface area contributed by atoms with Gasteiger partial charge in [-0.3, -0.25) is 14.2 Å². The Kier molecular flexibility index (Phi) is 6.70. The van der Waals surface area contributed by atoms with Gasteiger partial charge < -0.3 is 5.32 Å². The van der Waals surface area contributed by atoms with Crippen molar-refractivity contribution < 1.29 is 9.18 Å². The molecule has 4 rings (SSSR count). The molecule has 0 bridgehead atoms. The number of nitrogens with zero attached hydrogens (tertiary/aromatic N) is 2. The first kappa shape index (κ1) is 21.6. The van der Waals surface area contributed by atoms with Crippen LogP contribution in [-0.4, -0.2) is 21.2 Å². The molecule has 5 nitrogen and oxygen atoms in total. The number of fused-ring (bicyclic) bond motifs is 1. The summed E-state index contributed by atoms with van der Waals surface area (Å²) in [4.78, 5) is 30.6. The highest BCUT2D eigenvalue weighted by atomic mass is 32.2. The van der Waals surface area contributed by atoms with Gasteiger partial charge in [0.05, 0.1) is 22.7 Å². The van der Waals surface area contributed by atoms with Crippen molar-refractivity contribution in [3.05, 3.63) is 70.3 Å². The quantitative estimate of drug-likeness (QED) is 0.433. The summed E-state index contributed by atoms with van der Waals surface area (Å²) < 4.78 is 14.9. The van der Waals surface area contributed by atoms with E-state index in [0.29, 0.717) is 16.1 Å². The predicted octanol–water partition coefficient (Wildman–Crippen LogP) is 5.01. The van der Waals surface area contributed by atoms with E-state index < -0.39 is 0 Å². The van der Waals surface area contributed by atoms with Crippen LogP contribution in [-0.2, 0) is 4.79 Å². The van der Waals surface area contributed by atoms with Crippen LogP contribution in [0.2, 0.25) is 0 Å². The van der Waals surface area contributed by atoms with Gasteiger partial charge in [-0.1, -0.05) is 55.3 Å². The molecule has 1 aliphatic rings. The summed E-state index contributed by atoms with van der Waals surface area (Å²) in [5, 5.41) is 4.15. The number of benzene rings is 2. The molecule has 7 heteroatoms. The summed E-state index contributed by atoms with van der Waals surface area (Å²) in [6.45, 7) is 1.86. The van der Waals surface area contributed by atoms with Crippen molar-refractivity contribution >= 4 is 28.6 Å². The van der Waals surface area contributed by atoms with Gasteiger partial charge >= 0.3 is 0 Å². The predicted molar refractivity (Wildman–Crippen MR) is 122 cm³/mol. The summed E-state index contributed by atoms with van der Waals surface area (Å²) in [7, 11) is 0. The molecule has 1 atom stereocenters. The molecule has 0 saturated heterocycles. The van der Waals surface area contributed by atoms with Gasteiger partial charge in [0.2, 0.25) is 5.91 Å². The van der Waals surface area contributed by atoms with E-state index >= 15 is 0 Å². The Labute approximate surface area is 185 Å². The lowest BCUT2D eigenvalue weighted by atomic mass is 9.95. The molecule has 0 spiro atoms. The van der Waals surface area contributed by atoms with Crippen LogP contribution in [0.15, 0.2) is 58.5 Å². The van der Waals surface area contributed by atoms with Crippen molar-refractivity contribution in [3.63, 3.8) is 0 Å². The molecule has 1 aromatic heterocycles. The van der Waals surface area contributed by atoms with Gasteiger partial charge in [0.15, 0.2) is 5.16 Å². The fourth-order valence-corrected chi connectivity index (χ4v) is 5.01. The minimum Gasteiger partial charge on any atom is -0.349 e. The molecule has 1 amide bonds. The van der Waals surface area contributed by atoms with Crippen LogP contribution in [0.4, 0.5) is 4.39 Å². The van der Waals surface area contributed by atoms with Crippen LogP contribution in [0.3, 0.4) is 0 Å². The van der Waals surface area contributed by atoms with E-state index in [9.17, 15) is 14.0 Å². The molecule has 31 heavy (non-hydrogen) atoms. The zero-order valence-electron chi connectivity index (χ0n) is 17.5. The van der Waals surface area contributed by atoms with E-state index in [0.717, 1.165) is 31.2 Å². The minimum absolute atomic E-state index is 0.0277. The summed E-state index contributed by atoms with van der Waals surface area (Å²) >= 11 is 1.30. The second kappa shape index (κ2) is 9.64. The fourth-order valence-electron chi connectivity index (χ4n) is 4.14. The van der Waals surface area contributed by atoms with Crippen molar-refractivity contribution in [3.8, 4) is 0 Å². The third kappa shape index (κ3) is 4.98. The molecule has 1 fully saturated rings. The van der Waals surface area contributed by atoms with Gasteiger partial charge in [0.1, 0.15) is 5.82 Å². The van der Waals surface area contributed by atoms with Gasteiger partial charge in [-0.15, -0.1) is 0 Å². The van der Waals surface area contributed by atoms with Gasteiger partial charge in [0.25, 0.3) is 5.56 Å². The highest BCUT2D eigenvalue weighted by molar-refractivity contribution is 7.99. The zero-order valence-corrected chi connectivity index (χ0v) is 18.3. The third-order valence-corrected chi connectivity index (χ3v) is 6.75.